The molecule has 0 saturated heterocycles. The van der Waals surface area contributed by atoms with Gasteiger partial charge < -0.3 is 24.8 Å². The molecule has 0 bridgehead atoms. The Morgan fingerprint density at radius 1 is 1.10 bits per heavy atom. The van der Waals surface area contributed by atoms with E-state index in [1.165, 1.54) is 24.1 Å². The van der Waals surface area contributed by atoms with Crippen LogP contribution in [0.5, 0.6) is 11.5 Å². The zero-order valence-electron chi connectivity index (χ0n) is 21.3. The van der Waals surface area contributed by atoms with E-state index >= 15 is 0 Å². The fourth-order valence-corrected chi connectivity index (χ4v) is 5.02. The van der Waals surface area contributed by atoms with Gasteiger partial charge in [-0.25, -0.2) is 0 Å². The Hall–Kier alpha value is -3.57. The van der Waals surface area contributed by atoms with Crippen LogP contribution in [0, 0.1) is 0 Å². The average Bonchev–Trinajstić information content (AvgIpc) is 3.32. The van der Waals surface area contributed by atoms with Crippen molar-refractivity contribution in [2.75, 3.05) is 30.5 Å². The third-order valence-corrected chi connectivity index (χ3v) is 7.11. The van der Waals surface area contributed by atoms with E-state index in [9.17, 15) is 22.8 Å². The van der Waals surface area contributed by atoms with Crippen molar-refractivity contribution < 1.29 is 37.3 Å². The van der Waals surface area contributed by atoms with E-state index < -0.39 is 17.5 Å². The van der Waals surface area contributed by atoms with E-state index in [4.69, 9.17) is 26.2 Å². The highest BCUT2D eigenvalue weighted by Gasteiger charge is 2.34. The van der Waals surface area contributed by atoms with Gasteiger partial charge in [-0.1, -0.05) is 29.8 Å². The van der Waals surface area contributed by atoms with Gasteiger partial charge in [0.25, 0.3) is 5.91 Å². The average molecular weight is 595 g/mol. The second kappa shape index (κ2) is 12.7. The van der Waals surface area contributed by atoms with Gasteiger partial charge in [-0.3, -0.25) is 9.59 Å². The number of ether oxygens (including phenoxy) is 2. The molecule has 212 valence electrons. The fraction of sp³-hybridized carbons (Fsp3) is 0.286. The maximum atomic E-state index is 14.0. The van der Waals surface area contributed by atoms with Gasteiger partial charge in [0.15, 0.2) is 0 Å². The standard InChI is InChI=1S/C28H26ClF3N2O5S/c1-38-21-13-20(14-22(15-21)39-12-2-3-25(35)36)33-26(18-4-7-19(29)8-5-18)27(37)34-11-10-17-6-9-23(16-24(17)34)40-28(30,31)32/h4-9,13-16,26,33H,2-3,10-12H2,1H3,(H,35,36). The summed E-state index contributed by atoms with van der Waals surface area (Å²) in [5, 5.41) is 12.6. The van der Waals surface area contributed by atoms with E-state index in [2.05, 4.69) is 5.32 Å². The van der Waals surface area contributed by atoms with Crippen LogP contribution in [-0.4, -0.2) is 42.8 Å². The highest BCUT2D eigenvalue weighted by Crippen LogP contribution is 2.41. The number of nitrogens with one attached hydrogen (secondary N) is 1. The summed E-state index contributed by atoms with van der Waals surface area (Å²) in [4.78, 5) is 26.3. The lowest BCUT2D eigenvalue weighted by molar-refractivity contribution is -0.137. The lowest BCUT2D eigenvalue weighted by Crippen LogP contribution is -2.37. The molecule has 0 aromatic heterocycles. The maximum Gasteiger partial charge on any atom is 0.446 e. The van der Waals surface area contributed by atoms with Crippen molar-refractivity contribution in [3.8, 4) is 11.5 Å². The quantitative estimate of drug-likeness (QED) is 0.183. The summed E-state index contributed by atoms with van der Waals surface area (Å²) in [5.41, 5.74) is -2.15. The van der Waals surface area contributed by atoms with Crippen LogP contribution in [0.4, 0.5) is 24.5 Å². The first-order valence-electron chi connectivity index (χ1n) is 12.3. The summed E-state index contributed by atoms with van der Waals surface area (Å²) >= 11 is 5.86. The molecule has 3 aromatic carbocycles. The van der Waals surface area contributed by atoms with Gasteiger partial charge in [-0.05, 0) is 60.0 Å². The number of alkyl halides is 3. The van der Waals surface area contributed by atoms with E-state index in [0.717, 1.165) is 5.56 Å². The molecule has 0 aliphatic carbocycles. The zero-order valence-corrected chi connectivity index (χ0v) is 22.9. The van der Waals surface area contributed by atoms with Gasteiger partial charge in [0.05, 0.1) is 13.7 Å². The summed E-state index contributed by atoms with van der Waals surface area (Å²) in [7, 11) is 1.48. The third kappa shape index (κ3) is 7.76. The van der Waals surface area contributed by atoms with Gasteiger partial charge >= 0.3 is 11.5 Å². The number of fused-ring (bicyclic) bond motifs is 1. The first-order chi connectivity index (χ1) is 19.0. The van der Waals surface area contributed by atoms with Crippen LogP contribution in [0.3, 0.4) is 0 Å². The summed E-state index contributed by atoms with van der Waals surface area (Å²) in [5.74, 6) is -0.425. The van der Waals surface area contributed by atoms with Crippen molar-refractivity contribution >= 4 is 46.6 Å². The van der Waals surface area contributed by atoms with Crippen LogP contribution >= 0.6 is 23.4 Å². The number of carboxylic acids is 1. The third-order valence-electron chi connectivity index (χ3n) is 6.13. The Kier molecular flexibility index (Phi) is 9.36. The number of carbonyl (C=O) groups is 2. The SMILES string of the molecule is COc1cc(NC(C(=O)N2CCc3ccc(SC(F)(F)F)cc32)c2ccc(Cl)cc2)cc(OCCCC(=O)O)c1. The monoisotopic (exact) mass is 594 g/mol. The Morgan fingerprint density at radius 3 is 2.50 bits per heavy atom. The fourth-order valence-electron chi connectivity index (χ4n) is 4.32. The molecule has 7 nitrogen and oxygen atoms in total. The number of aliphatic carboxylic acids is 1. The lowest BCUT2D eigenvalue weighted by Gasteiger charge is -2.27. The normalized spacial score (nSPS) is 13.5. The van der Waals surface area contributed by atoms with E-state index in [1.54, 1.807) is 48.5 Å². The molecule has 1 unspecified atom stereocenters. The van der Waals surface area contributed by atoms with Gasteiger partial charge in [-0.2, -0.15) is 13.2 Å². The second-order valence-electron chi connectivity index (χ2n) is 8.95. The van der Waals surface area contributed by atoms with Gasteiger partial charge in [0, 0.05) is 52.5 Å². The minimum atomic E-state index is -4.45. The predicted molar refractivity (Wildman–Crippen MR) is 148 cm³/mol. The van der Waals surface area contributed by atoms with Gasteiger partial charge in [0.1, 0.15) is 17.5 Å². The van der Waals surface area contributed by atoms with Crippen molar-refractivity contribution in [1.82, 2.24) is 0 Å². The van der Waals surface area contributed by atoms with E-state index in [-0.39, 0.29) is 35.6 Å². The number of halogens is 4. The molecule has 0 fully saturated rings. The summed E-state index contributed by atoms with van der Waals surface area (Å²) in [6, 6.07) is 15.2. The van der Waals surface area contributed by atoms with Crippen LogP contribution in [-0.2, 0) is 16.0 Å². The number of benzene rings is 3. The van der Waals surface area contributed by atoms with Gasteiger partial charge in [-0.15, -0.1) is 0 Å². The minimum Gasteiger partial charge on any atom is -0.497 e. The number of hydrogen-bond acceptors (Lipinski definition) is 6. The number of methoxy groups -OCH3 is 1. The zero-order chi connectivity index (χ0) is 28.9. The molecule has 12 heteroatoms. The molecule has 1 aliphatic rings. The lowest BCUT2D eigenvalue weighted by atomic mass is 10.0. The van der Waals surface area contributed by atoms with Crippen LogP contribution in [0.1, 0.15) is 30.0 Å². The molecule has 3 aromatic rings. The summed E-state index contributed by atoms with van der Waals surface area (Å²) < 4.78 is 50.1. The van der Waals surface area contributed by atoms with Crippen LogP contribution in [0.2, 0.25) is 5.02 Å². The molecule has 1 atom stereocenters. The van der Waals surface area contributed by atoms with Crippen molar-refractivity contribution in [2.24, 2.45) is 0 Å². The Balaban J connectivity index is 1.63. The number of nitrogens with zero attached hydrogens (tertiary/aromatic N) is 1. The van der Waals surface area contributed by atoms with E-state index in [1.807, 2.05) is 0 Å². The molecule has 1 aliphatic heterocycles. The summed E-state index contributed by atoms with van der Waals surface area (Å²) in [6.45, 7) is 0.484. The molecule has 40 heavy (non-hydrogen) atoms. The topological polar surface area (TPSA) is 88.1 Å². The maximum absolute atomic E-state index is 14.0. The van der Waals surface area contributed by atoms with E-state index in [0.29, 0.717) is 52.8 Å². The highest BCUT2D eigenvalue weighted by atomic mass is 35.5. The number of amides is 1. The molecule has 1 amide bonds. The Bertz CT molecular complexity index is 1370. The van der Waals surface area contributed by atoms with Crippen molar-refractivity contribution in [3.05, 3.63) is 76.8 Å². The molecule has 0 saturated carbocycles. The molecule has 2 N–H and O–H groups in total. The number of carboxylic acid groups (broad SMARTS) is 1. The summed E-state index contributed by atoms with van der Waals surface area (Å²) in [6.07, 6.45) is 0.783. The van der Waals surface area contributed by atoms with Crippen molar-refractivity contribution in [2.45, 2.75) is 35.7 Å². The van der Waals surface area contributed by atoms with Crippen molar-refractivity contribution in [1.29, 1.82) is 0 Å². The largest absolute Gasteiger partial charge is 0.497 e. The first-order valence-corrected chi connectivity index (χ1v) is 13.5. The molecule has 4 rings (SSSR count). The number of hydrogen-bond donors (Lipinski definition) is 2. The first kappa shape index (κ1) is 29.4. The van der Waals surface area contributed by atoms with Gasteiger partial charge in [0.2, 0.25) is 0 Å². The number of rotatable bonds is 11. The molecular formula is C28H26ClF3N2O5S. The molecule has 0 radical (unpaired) electrons. The number of thioether (sulfide) groups is 1. The molecular weight excluding hydrogens is 569 g/mol. The molecule has 1 heterocycles. The van der Waals surface area contributed by atoms with Crippen LogP contribution in [0.25, 0.3) is 0 Å². The minimum absolute atomic E-state index is 0.000522. The smallest absolute Gasteiger partial charge is 0.446 e. The molecule has 0 spiro atoms. The Morgan fingerprint density at radius 2 is 1.82 bits per heavy atom. The van der Waals surface area contributed by atoms with Crippen LogP contribution < -0.4 is 19.7 Å². The van der Waals surface area contributed by atoms with Crippen molar-refractivity contribution in [3.63, 3.8) is 0 Å². The van der Waals surface area contributed by atoms with Crippen LogP contribution in [0.15, 0.2) is 65.6 Å². The second-order valence-corrected chi connectivity index (χ2v) is 10.5. The number of anilines is 2. The predicted octanol–water partition coefficient (Wildman–Crippen LogP) is 6.95. The number of carbonyl (C=O) groups excluding carboxylic acids is 1. The highest BCUT2D eigenvalue weighted by molar-refractivity contribution is 8.00. The Labute approximate surface area is 238 Å².